The highest BCUT2D eigenvalue weighted by Crippen LogP contribution is 2.25. The summed E-state index contributed by atoms with van der Waals surface area (Å²) in [6.45, 7) is 2.03. The zero-order valence-electron chi connectivity index (χ0n) is 11.3. The lowest BCUT2D eigenvalue weighted by Gasteiger charge is -2.35. The predicted octanol–water partition coefficient (Wildman–Crippen LogP) is 2.21. The number of nitrogens with zero attached hydrogens (tertiary/aromatic N) is 2. The zero-order valence-corrected chi connectivity index (χ0v) is 12.0. The molecule has 0 radical (unpaired) electrons. The summed E-state index contributed by atoms with van der Waals surface area (Å²) in [6.07, 6.45) is 1.98. The van der Waals surface area contributed by atoms with E-state index in [1.165, 1.54) is 12.1 Å². The van der Waals surface area contributed by atoms with E-state index in [-0.39, 0.29) is 22.7 Å². The van der Waals surface area contributed by atoms with Crippen molar-refractivity contribution in [3.05, 3.63) is 28.8 Å². The Labute approximate surface area is 118 Å². The SMILES string of the molecule is CN1CCC(N(C)C(=O)c2ccc(O)c(Cl)c2)CC1. The molecule has 0 bridgehead atoms. The van der Waals surface area contributed by atoms with Crippen molar-refractivity contribution in [2.24, 2.45) is 0 Å². The first-order valence-electron chi connectivity index (χ1n) is 6.43. The van der Waals surface area contributed by atoms with Gasteiger partial charge in [-0.05, 0) is 51.2 Å². The number of amides is 1. The Morgan fingerprint density at radius 1 is 1.42 bits per heavy atom. The standard InChI is InChI=1S/C14H19ClN2O2/c1-16-7-5-11(6-8-16)17(2)14(19)10-3-4-13(18)12(15)9-10/h3-4,9,11,18H,5-8H2,1-2H3. The van der Waals surface area contributed by atoms with E-state index >= 15 is 0 Å². The molecule has 1 aromatic carbocycles. The van der Waals surface area contributed by atoms with Crippen molar-refractivity contribution in [3.8, 4) is 5.75 Å². The molecule has 1 heterocycles. The quantitative estimate of drug-likeness (QED) is 0.904. The number of benzene rings is 1. The van der Waals surface area contributed by atoms with Crippen LogP contribution in [0, 0.1) is 0 Å². The number of aromatic hydroxyl groups is 1. The Morgan fingerprint density at radius 3 is 2.63 bits per heavy atom. The van der Waals surface area contributed by atoms with Crippen molar-refractivity contribution < 1.29 is 9.90 Å². The van der Waals surface area contributed by atoms with Gasteiger partial charge in [-0.1, -0.05) is 11.6 Å². The fourth-order valence-corrected chi connectivity index (χ4v) is 2.57. The molecule has 0 aliphatic carbocycles. The Bertz CT molecular complexity index is 471. The molecule has 0 saturated carbocycles. The normalized spacial score (nSPS) is 17.4. The number of carbonyl (C=O) groups excluding carboxylic acids is 1. The minimum atomic E-state index is -0.0450. The zero-order chi connectivity index (χ0) is 14.0. The number of piperidine rings is 1. The lowest BCUT2D eigenvalue weighted by molar-refractivity contribution is 0.0659. The van der Waals surface area contributed by atoms with E-state index in [0.717, 1.165) is 25.9 Å². The number of rotatable bonds is 2. The van der Waals surface area contributed by atoms with Gasteiger partial charge in [0.25, 0.3) is 5.91 Å². The average Bonchev–Trinajstić information content (AvgIpc) is 2.41. The highest BCUT2D eigenvalue weighted by atomic mass is 35.5. The van der Waals surface area contributed by atoms with Crippen molar-refractivity contribution >= 4 is 17.5 Å². The number of phenols is 1. The number of carbonyl (C=O) groups is 1. The van der Waals surface area contributed by atoms with Crippen LogP contribution in [0.1, 0.15) is 23.2 Å². The van der Waals surface area contributed by atoms with Gasteiger partial charge in [0.15, 0.2) is 0 Å². The molecule has 0 aromatic heterocycles. The number of halogens is 1. The minimum absolute atomic E-state index is 0.000149. The summed E-state index contributed by atoms with van der Waals surface area (Å²) in [5.74, 6) is -0.0448. The van der Waals surface area contributed by atoms with E-state index in [1.807, 2.05) is 7.05 Å². The van der Waals surface area contributed by atoms with Gasteiger partial charge in [0, 0.05) is 18.7 Å². The van der Waals surface area contributed by atoms with Crippen LogP contribution in [0.15, 0.2) is 18.2 Å². The summed E-state index contributed by atoms with van der Waals surface area (Å²) in [5.41, 5.74) is 0.518. The summed E-state index contributed by atoms with van der Waals surface area (Å²) < 4.78 is 0. The highest BCUT2D eigenvalue weighted by molar-refractivity contribution is 6.32. The van der Waals surface area contributed by atoms with Gasteiger partial charge in [-0.25, -0.2) is 0 Å². The van der Waals surface area contributed by atoms with Crippen LogP contribution in [0.4, 0.5) is 0 Å². The van der Waals surface area contributed by atoms with Crippen LogP contribution < -0.4 is 0 Å². The molecule has 2 rings (SSSR count). The van der Waals surface area contributed by atoms with E-state index in [0.29, 0.717) is 5.56 Å². The maximum absolute atomic E-state index is 12.4. The molecule has 1 N–H and O–H groups in total. The molecule has 104 valence electrons. The predicted molar refractivity (Wildman–Crippen MR) is 75.7 cm³/mol. The fraction of sp³-hybridized carbons (Fsp3) is 0.500. The van der Waals surface area contributed by atoms with Gasteiger partial charge in [-0.15, -0.1) is 0 Å². The van der Waals surface area contributed by atoms with E-state index in [2.05, 4.69) is 11.9 Å². The number of likely N-dealkylation sites (tertiary alicyclic amines) is 1. The van der Waals surface area contributed by atoms with Gasteiger partial charge in [0.2, 0.25) is 0 Å². The molecule has 0 spiro atoms. The van der Waals surface area contributed by atoms with Crippen molar-refractivity contribution in [2.75, 3.05) is 27.2 Å². The van der Waals surface area contributed by atoms with E-state index in [1.54, 1.807) is 11.0 Å². The molecule has 0 unspecified atom stereocenters. The second-order valence-corrected chi connectivity index (χ2v) is 5.52. The molecule has 0 atom stereocenters. The maximum Gasteiger partial charge on any atom is 0.253 e. The first-order valence-corrected chi connectivity index (χ1v) is 6.81. The smallest absolute Gasteiger partial charge is 0.253 e. The first kappa shape index (κ1) is 14.2. The third-order valence-electron chi connectivity index (χ3n) is 3.75. The molecule has 4 nitrogen and oxygen atoms in total. The summed E-state index contributed by atoms with van der Waals surface area (Å²) in [4.78, 5) is 16.4. The molecular formula is C14H19ClN2O2. The number of hydrogen-bond acceptors (Lipinski definition) is 3. The molecule has 1 saturated heterocycles. The Hall–Kier alpha value is -1.26. The van der Waals surface area contributed by atoms with Crippen LogP contribution in [0.3, 0.4) is 0 Å². The lowest BCUT2D eigenvalue weighted by Crippen LogP contribution is -2.44. The third-order valence-corrected chi connectivity index (χ3v) is 4.05. The first-order chi connectivity index (χ1) is 8.99. The van der Waals surface area contributed by atoms with Crippen LogP contribution in [0.5, 0.6) is 5.75 Å². The molecule has 1 aliphatic rings. The van der Waals surface area contributed by atoms with Crippen molar-refractivity contribution in [3.63, 3.8) is 0 Å². The lowest BCUT2D eigenvalue weighted by atomic mass is 10.0. The van der Waals surface area contributed by atoms with Crippen molar-refractivity contribution in [2.45, 2.75) is 18.9 Å². The molecular weight excluding hydrogens is 264 g/mol. The van der Waals surface area contributed by atoms with Gasteiger partial charge in [0.1, 0.15) is 5.75 Å². The van der Waals surface area contributed by atoms with E-state index in [9.17, 15) is 9.90 Å². The summed E-state index contributed by atoms with van der Waals surface area (Å²) >= 11 is 5.84. The van der Waals surface area contributed by atoms with Crippen LogP contribution in [-0.4, -0.2) is 54.0 Å². The molecule has 1 amide bonds. The monoisotopic (exact) mass is 282 g/mol. The minimum Gasteiger partial charge on any atom is -0.506 e. The molecule has 1 fully saturated rings. The Kier molecular flexibility index (Phi) is 4.32. The largest absolute Gasteiger partial charge is 0.506 e. The summed E-state index contributed by atoms with van der Waals surface area (Å²) in [7, 11) is 3.93. The van der Waals surface area contributed by atoms with Gasteiger partial charge >= 0.3 is 0 Å². The summed E-state index contributed by atoms with van der Waals surface area (Å²) in [6, 6.07) is 4.86. The Balaban J connectivity index is 2.08. The molecule has 1 aromatic rings. The van der Waals surface area contributed by atoms with Gasteiger partial charge in [-0.3, -0.25) is 4.79 Å². The van der Waals surface area contributed by atoms with Crippen LogP contribution in [0.25, 0.3) is 0 Å². The topological polar surface area (TPSA) is 43.8 Å². The second-order valence-electron chi connectivity index (χ2n) is 5.12. The molecule has 19 heavy (non-hydrogen) atoms. The van der Waals surface area contributed by atoms with Crippen LogP contribution in [0.2, 0.25) is 5.02 Å². The third kappa shape index (κ3) is 3.19. The van der Waals surface area contributed by atoms with Gasteiger partial charge < -0.3 is 14.9 Å². The van der Waals surface area contributed by atoms with Crippen LogP contribution >= 0.6 is 11.6 Å². The van der Waals surface area contributed by atoms with Crippen molar-refractivity contribution in [1.82, 2.24) is 9.80 Å². The van der Waals surface area contributed by atoms with E-state index in [4.69, 9.17) is 11.6 Å². The van der Waals surface area contributed by atoms with Crippen molar-refractivity contribution in [1.29, 1.82) is 0 Å². The maximum atomic E-state index is 12.4. The molecule has 1 aliphatic heterocycles. The van der Waals surface area contributed by atoms with E-state index < -0.39 is 0 Å². The highest BCUT2D eigenvalue weighted by Gasteiger charge is 2.24. The van der Waals surface area contributed by atoms with Crippen LogP contribution in [-0.2, 0) is 0 Å². The Morgan fingerprint density at radius 2 is 2.05 bits per heavy atom. The number of hydrogen-bond donors (Lipinski definition) is 1. The number of phenolic OH excluding ortho intramolecular Hbond substituents is 1. The summed E-state index contributed by atoms with van der Waals surface area (Å²) in [5, 5.41) is 9.59. The van der Waals surface area contributed by atoms with Gasteiger partial charge in [0.05, 0.1) is 5.02 Å². The fourth-order valence-electron chi connectivity index (χ4n) is 2.39. The van der Waals surface area contributed by atoms with Gasteiger partial charge in [-0.2, -0.15) is 0 Å². The second kappa shape index (κ2) is 5.80. The average molecular weight is 283 g/mol. The molecule has 5 heteroatoms.